The Hall–Kier alpha value is -3.68. The number of carbonyl (C=O) groups excluding carboxylic acids is 1. The zero-order valence-electron chi connectivity index (χ0n) is 22.4. The maximum Gasteiger partial charge on any atom is 0.435 e. The number of aryl methyl sites for hydroxylation is 2. The summed E-state index contributed by atoms with van der Waals surface area (Å²) in [5, 5.41) is 13.9. The molecule has 0 saturated carbocycles. The van der Waals surface area contributed by atoms with Crippen molar-refractivity contribution >= 4 is 23.4 Å². The number of halogens is 3. The van der Waals surface area contributed by atoms with E-state index in [0.717, 1.165) is 11.6 Å². The standard InChI is InChI=1S/C24H32F3N9O2/c1-13-18-20(34(6)19(21(37)31-18)14(2)38-23(3,4)5)32-22(30-13)28-9-15-10-29-36(11-15)12-16-8-17(24(25,26)27)33-35(16)7/h8,10-11,14,19H,9,12H2,1-7H3,(H,31,37)(H,28,30,32)/t14-,19-/m0/s1. The number of hydrogen-bond donors (Lipinski definition) is 2. The van der Waals surface area contributed by atoms with Crippen molar-refractivity contribution in [2.24, 2.45) is 7.05 Å². The van der Waals surface area contributed by atoms with E-state index in [0.29, 0.717) is 35.4 Å². The molecule has 1 aliphatic heterocycles. The summed E-state index contributed by atoms with van der Waals surface area (Å²) >= 11 is 0. The van der Waals surface area contributed by atoms with Gasteiger partial charge in [0, 0.05) is 32.4 Å². The molecule has 1 amide bonds. The van der Waals surface area contributed by atoms with Crippen LogP contribution in [0.1, 0.15) is 50.3 Å². The molecule has 0 radical (unpaired) electrons. The van der Waals surface area contributed by atoms with Crippen LogP contribution < -0.4 is 15.5 Å². The molecule has 206 valence electrons. The Morgan fingerprint density at radius 1 is 1.21 bits per heavy atom. The first-order valence-electron chi connectivity index (χ1n) is 12.1. The van der Waals surface area contributed by atoms with Crippen LogP contribution >= 0.6 is 0 Å². The fourth-order valence-corrected chi connectivity index (χ4v) is 4.42. The second kappa shape index (κ2) is 9.89. The van der Waals surface area contributed by atoms with Gasteiger partial charge in [0.15, 0.2) is 11.5 Å². The van der Waals surface area contributed by atoms with Crippen molar-refractivity contribution in [3.05, 3.63) is 41.1 Å². The number of hydrogen-bond acceptors (Lipinski definition) is 8. The zero-order valence-corrected chi connectivity index (χ0v) is 22.4. The summed E-state index contributed by atoms with van der Waals surface area (Å²) in [6.45, 7) is 9.92. The van der Waals surface area contributed by atoms with Crippen LogP contribution in [0.15, 0.2) is 18.5 Å². The molecule has 3 aromatic heterocycles. The van der Waals surface area contributed by atoms with Crippen LogP contribution in [0.25, 0.3) is 0 Å². The Morgan fingerprint density at radius 3 is 2.55 bits per heavy atom. The lowest BCUT2D eigenvalue weighted by Crippen LogP contribution is -2.54. The maximum absolute atomic E-state index is 12.9. The van der Waals surface area contributed by atoms with Crippen molar-refractivity contribution in [2.45, 2.75) is 71.6 Å². The van der Waals surface area contributed by atoms with E-state index in [1.54, 1.807) is 31.3 Å². The van der Waals surface area contributed by atoms with Gasteiger partial charge in [-0.1, -0.05) is 0 Å². The van der Waals surface area contributed by atoms with Gasteiger partial charge in [-0.3, -0.25) is 14.2 Å². The molecule has 0 bridgehead atoms. The average Bonchev–Trinajstić information content (AvgIpc) is 3.38. The van der Waals surface area contributed by atoms with Gasteiger partial charge in [-0.25, -0.2) is 4.98 Å². The fraction of sp³-hybridized carbons (Fsp3) is 0.542. The first kappa shape index (κ1) is 27.4. The number of aromatic nitrogens is 6. The zero-order chi connectivity index (χ0) is 28.0. The molecule has 0 unspecified atom stereocenters. The molecule has 0 aliphatic carbocycles. The number of alkyl halides is 3. The maximum atomic E-state index is 12.9. The highest BCUT2D eigenvalue weighted by molar-refractivity contribution is 6.03. The minimum absolute atomic E-state index is 0.134. The number of carbonyl (C=O) groups is 1. The molecule has 2 atom stereocenters. The quantitative estimate of drug-likeness (QED) is 0.474. The highest BCUT2D eigenvalue weighted by atomic mass is 19.4. The molecule has 0 fully saturated rings. The van der Waals surface area contributed by atoms with Gasteiger partial charge in [0.1, 0.15) is 11.7 Å². The Kier molecular flexibility index (Phi) is 7.12. The summed E-state index contributed by atoms with van der Waals surface area (Å²) in [5.41, 5.74) is 0.952. The van der Waals surface area contributed by atoms with E-state index in [2.05, 4.69) is 30.8 Å². The van der Waals surface area contributed by atoms with Crippen molar-refractivity contribution in [1.82, 2.24) is 29.5 Å². The Morgan fingerprint density at radius 2 is 1.92 bits per heavy atom. The third kappa shape index (κ3) is 5.90. The van der Waals surface area contributed by atoms with Gasteiger partial charge in [-0.15, -0.1) is 0 Å². The minimum Gasteiger partial charge on any atom is -0.370 e. The lowest BCUT2D eigenvalue weighted by molar-refractivity contribution is -0.141. The number of amides is 1. The van der Waals surface area contributed by atoms with Crippen LogP contribution in [0.5, 0.6) is 0 Å². The first-order valence-corrected chi connectivity index (χ1v) is 12.1. The second-order valence-corrected chi connectivity index (χ2v) is 10.4. The average molecular weight is 536 g/mol. The third-order valence-corrected chi connectivity index (χ3v) is 6.05. The molecule has 0 saturated heterocycles. The molecule has 38 heavy (non-hydrogen) atoms. The number of anilines is 3. The van der Waals surface area contributed by atoms with Crippen LogP contribution in [-0.4, -0.2) is 60.2 Å². The Labute approximate surface area is 218 Å². The molecule has 0 spiro atoms. The van der Waals surface area contributed by atoms with E-state index >= 15 is 0 Å². The van der Waals surface area contributed by atoms with Gasteiger partial charge >= 0.3 is 6.18 Å². The van der Waals surface area contributed by atoms with Gasteiger partial charge in [0.2, 0.25) is 11.9 Å². The monoisotopic (exact) mass is 535 g/mol. The van der Waals surface area contributed by atoms with Crippen LogP contribution in [0.4, 0.5) is 30.6 Å². The van der Waals surface area contributed by atoms with Gasteiger partial charge in [-0.2, -0.15) is 28.4 Å². The highest BCUT2D eigenvalue weighted by Gasteiger charge is 2.39. The number of ether oxygens (including phenoxy) is 1. The van der Waals surface area contributed by atoms with Gasteiger partial charge in [0.25, 0.3) is 0 Å². The fourth-order valence-electron chi connectivity index (χ4n) is 4.42. The lowest BCUT2D eigenvalue weighted by atomic mass is 10.1. The molecule has 2 N–H and O–H groups in total. The first-order chi connectivity index (χ1) is 17.6. The van der Waals surface area contributed by atoms with Crippen LogP contribution in [-0.2, 0) is 35.8 Å². The predicted octanol–water partition coefficient (Wildman–Crippen LogP) is 3.35. The van der Waals surface area contributed by atoms with E-state index in [9.17, 15) is 18.0 Å². The van der Waals surface area contributed by atoms with E-state index in [1.807, 2.05) is 27.7 Å². The summed E-state index contributed by atoms with van der Waals surface area (Å²) in [5.74, 6) is 0.746. The van der Waals surface area contributed by atoms with Crippen molar-refractivity contribution in [2.75, 3.05) is 22.6 Å². The van der Waals surface area contributed by atoms with E-state index < -0.39 is 29.6 Å². The van der Waals surface area contributed by atoms with Gasteiger partial charge in [0.05, 0.1) is 35.8 Å². The largest absolute Gasteiger partial charge is 0.435 e. The van der Waals surface area contributed by atoms with E-state index in [1.165, 1.54) is 16.4 Å². The number of nitrogens with zero attached hydrogens (tertiary/aromatic N) is 7. The van der Waals surface area contributed by atoms with Crippen molar-refractivity contribution in [1.29, 1.82) is 0 Å². The number of rotatable bonds is 7. The second-order valence-electron chi connectivity index (χ2n) is 10.4. The van der Waals surface area contributed by atoms with E-state index in [4.69, 9.17) is 4.74 Å². The van der Waals surface area contributed by atoms with Crippen molar-refractivity contribution < 1.29 is 22.7 Å². The Balaban J connectivity index is 1.46. The van der Waals surface area contributed by atoms with Crippen LogP contribution in [0.3, 0.4) is 0 Å². The minimum atomic E-state index is -4.50. The molecule has 0 aromatic carbocycles. The smallest absolute Gasteiger partial charge is 0.370 e. The molecule has 1 aliphatic rings. The summed E-state index contributed by atoms with van der Waals surface area (Å²) < 4.78 is 47.6. The number of nitrogens with one attached hydrogen (secondary N) is 2. The van der Waals surface area contributed by atoms with Gasteiger partial charge in [-0.05, 0) is 40.7 Å². The third-order valence-electron chi connectivity index (χ3n) is 6.05. The normalized spacial score (nSPS) is 16.8. The lowest BCUT2D eigenvalue weighted by Gasteiger charge is -2.39. The van der Waals surface area contributed by atoms with Crippen molar-refractivity contribution in [3.63, 3.8) is 0 Å². The molecule has 11 nitrogen and oxygen atoms in total. The van der Waals surface area contributed by atoms with Gasteiger partial charge < -0.3 is 20.3 Å². The molecular weight excluding hydrogens is 503 g/mol. The predicted molar refractivity (Wildman–Crippen MR) is 135 cm³/mol. The number of likely N-dealkylation sites (N-methyl/N-ethyl adjacent to an activating group) is 1. The highest BCUT2D eigenvalue weighted by Crippen LogP contribution is 2.34. The van der Waals surface area contributed by atoms with Crippen LogP contribution in [0.2, 0.25) is 0 Å². The summed E-state index contributed by atoms with van der Waals surface area (Å²) in [6.07, 6.45) is -1.55. The Bertz CT molecular complexity index is 1330. The van der Waals surface area contributed by atoms with Crippen molar-refractivity contribution in [3.8, 4) is 0 Å². The van der Waals surface area contributed by atoms with Crippen LogP contribution in [0, 0.1) is 6.92 Å². The summed E-state index contributed by atoms with van der Waals surface area (Å²) in [4.78, 5) is 23.8. The molecule has 4 rings (SSSR count). The SMILES string of the molecule is Cc1nc(NCc2cnn(Cc3cc(C(F)(F)F)nn3C)c2)nc2c1NC(=O)[C@H]([C@H](C)OC(C)(C)C)N2C. The molecule has 3 aromatic rings. The molecular formula is C24H32F3N9O2. The summed E-state index contributed by atoms with van der Waals surface area (Å²) in [6, 6.07) is 0.436. The molecule has 14 heteroatoms. The van der Waals surface area contributed by atoms with E-state index in [-0.39, 0.29) is 12.5 Å². The summed E-state index contributed by atoms with van der Waals surface area (Å²) in [7, 11) is 3.26. The number of fused-ring (bicyclic) bond motifs is 1. The topological polar surface area (TPSA) is 115 Å². The molecule has 4 heterocycles.